The molecule has 0 atom stereocenters. The zero-order valence-electron chi connectivity index (χ0n) is 15.5. The van der Waals surface area contributed by atoms with Gasteiger partial charge in [0.05, 0.1) is 12.2 Å². The molecule has 2 rings (SSSR count). The zero-order valence-corrected chi connectivity index (χ0v) is 15.5. The van der Waals surface area contributed by atoms with E-state index in [0.29, 0.717) is 24.4 Å². The van der Waals surface area contributed by atoms with Crippen LogP contribution in [0.15, 0.2) is 36.0 Å². The molecule has 1 amide bonds. The Morgan fingerprint density at radius 2 is 2.00 bits per heavy atom. The van der Waals surface area contributed by atoms with Crippen molar-refractivity contribution in [1.29, 1.82) is 5.26 Å². The predicted molar refractivity (Wildman–Crippen MR) is 102 cm³/mol. The second kappa shape index (κ2) is 11.0. The molecule has 1 fully saturated rings. The van der Waals surface area contributed by atoms with E-state index in [-0.39, 0.29) is 11.5 Å². The van der Waals surface area contributed by atoms with Crippen LogP contribution in [0.1, 0.15) is 17.3 Å². The van der Waals surface area contributed by atoms with Gasteiger partial charge in [-0.1, -0.05) is 0 Å². The van der Waals surface area contributed by atoms with E-state index in [1.54, 1.807) is 31.2 Å². The third-order valence-corrected chi connectivity index (χ3v) is 4.07. The SMILES string of the molecule is CCOC(=O)c1ccc(N/C=C(/C#N)C(=O)NCCN2CCNCC2)cc1. The molecule has 0 bridgehead atoms. The smallest absolute Gasteiger partial charge is 0.338 e. The number of rotatable bonds is 8. The van der Waals surface area contributed by atoms with Crippen molar-refractivity contribution in [3.05, 3.63) is 41.6 Å². The summed E-state index contributed by atoms with van der Waals surface area (Å²) in [4.78, 5) is 26.0. The number of ether oxygens (including phenoxy) is 1. The molecule has 0 unspecified atom stereocenters. The molecule has 8 heteroatoms. The van der Waals surface area contributed by atoms with Crippen molar-refractivity contribution >= 4 is 17.6 Å². The molecule has 8 nitrogen and oxygen atoms in total. The van der Waals surface area contributed by atoms with Crippen LogP contribution in [0.5, 0.6) is 0 Å². The minimum absolute atomic E-state index is 0.00946. The van der Waals surface area contributed by atoms with E-state index < -0.39 is 5.91 Å². The lowest BCUT2D eigenvalue weighted by molar-refractivity contribution is -0.117. The standard InChI is InChI=1S/C19H25N5O3/c1-2-27-19(26)15-3-5-17(6-4-15)23-14-16(13-20)18(25)22-9-12-24-10-7-21-8-11-24/h3-6,14,21,23H,2,7-12H2,1H3,(H,22,25)/b16-14-. The maximum Gasteiger partial charge on any atom is 0.338 e. The van der Waals surface area contributed by atoms with Gasteiger partial charge in [-0.25, -0.2) is 4.79 Å². The lowest BCUT2D eigenvalue weighted by Crippen LogP contribution is -2.46. The fourth-order valence-electron chi connectivity index (χ4n) is 2.58. The van der Waals surface area contributed by atoms with Gasteiger partial charge in [-0.05, 0) is 31.2 Å². The van der Waals surface area contributed by atoms with Crippen molar-refractivity contribution in [3.63, 3.8) is 0 Å². The number of nitrogens with one attached hydrogen (secondary N) is 3. The normalized spacial score (nSPS) is 14.9. The van der Waals surface area contributed by atoms with Crippen LogP contribution in [-0.4, -0.2) is 62.7 Å². The first-order valence-corrected chi connectivity index (χ1v) is 8.99. The lowest BCUT2D eigenvalue weighted by atomic mass is 10.2. The van der Waals surface area contributed by atoms with Crippen LogP contribution >= 0.6 is 0 Å². The third-order valence-electron chi connectivity index (χ3n) is 4.07. The monoisotopic (exact) mass is 371 g/mol. The summed E-state index contributed by atoms with van der Waals surface area (Å²) in [7, 11) is 0. The van der Waals surface area contributed by atoms with Gasteiger partial charge >= 0.3 is 5.97 Å². The Hall–Kier alpha value is -2.89. The summed E-state index contributed by atoms with van der Waals surface area (Å²) in [5, 5.41) is 18.1. The number of piperazine rings is 1. The molecule has 1 saturated heterocycles. The van der Waals surface area contributed by atoms with E-state index in [9.17, 15) is 14.9 Å². The number of amides is 1. The Kier molecular flexibility index (Phi) is 8.29. The summed E-state index contributed by atoms with van der Waals surface area (Å²) in [6.45, 7) is 7.14. The topological polar surface area (TPSA) is 106 Å². The van der Waals surface area contributed by atoms with Crippen LogP contribution in [0.2, 0.25) is 0 Å². The molecule has 0 radical (unpaired) electrons. The fourth-order valence-corrected chi connectivity index (χ4v) is 2.58. The van der Waals surface area contributed by atoms with Gasteiger partial charge in [0.1, 0.15) is 11.6 Å². The first kappa shape index (κ1) is 20.4. The van der Waals surface area contributed by atoms with E-state index in [2.05, 4.69) is 20.9 Å². The lowest BCUT2D eigenvalue weighted by Gasteiger charge is -2.27. The number of carbonyl (C=O) groups is 2. The number of hydrogen-bond donors (Lipinski definition) is 3. The molecule has 1 aromatic carbocycles. The van der Waals surface area contributed by atoms with Gasteiger partial charge in [0.15, 0.2) is 0 Å². The van der Waals surface area contributed by atoms with E-state index in [1.165, 1.54) is 6.20 Å². The molecule has 1 aliphatic heterocycles. The van der Waals surface area contributed by atoms with Gasteiger partial charge in [0.2, 0.25) is 0 Å². The molecule has 1 aliphatic rings. The van der Waals surface area contributed by atoms with Gasteiger partial charge in [-0.3, -0.25) is 9.69 Å². The highest BCUT2D eigenvalue weighted by molar-refractivity contribution is 5.97. The van der Waals surface area contributed by atoms with E-state index in [4.69, 9.17) is 4.74 Å². The van der Waals surface area contributed by atoms with Gasteiger partial charge in [0, 0.05) is 51.2 Å². The zero-order chi connectivity index (χ0) is 19.5. The number of benzene rings is 1. The Labute approximate surface area is 159 Å². The number of nitriles is 1. The molecule has 0 aliphatic carbocycles. The van der Waals surface area contributed by atoms with E-state index in [1.807, 2.05) is 6.07 Å². The first-order chi connectivity index (χ1) is 13.1. The number of carbonyl (C=O) groups excluding carboxylic acids is 2. The predicted octanol–water partition coefficient (Wildman–Crippen LogP) is 0.704. The van der Waals surface area contributed by atoms with E-state index >= 15 is 0 Å². The van der Waals surface area contributed by atoms with Crippen LogP contribution in [0, 0.1) is 11.3 Å². The Morgan fingerprint density at radius 1 is 1.30 bits per heavy atom. The van der Waals surface area contributed by atoms with Crippen molar-refractivity contribution in [3.8, 4) is 6.07 Å². The van der Waals surface area contributed by atoms with Crippen molar-refractivity contribution in [2.45, 2.75) is 6.92 Å². The Balaban J connectivity index is 1.82. The van der Waals surface area contributed by atoms with Crippen LogP contribution in [0.4, 0.5) is 5.69 Å². The molecule has 1 aromatic rings. The highest BCUT2D eigenvalue weighted by atomic mass is 16.5. The van der Waals surface area contributed by atoms with Crippen molar-refractivity contribution in [2.75, 3.05) is 51.2 Å². The van der Waals surface area contributed by atoms with Crippen molar-refractivity contribution < 1.29 is 14.3 Å². The van der Waals surface area contributed by atoms with Crippen LogP contribution < -0.4 is 16.0 Å². The van der Waals surface area contributed by atoms with Crippen LogP contribution in [0.3, 0.4) is 0 Å². The summed E-state index contributed by atoms with van der Waals surface area (Å²) in [5.41, 5.74) is 1.09. The second-order valence-electron chi connectivity index (χ2n) is 5.96. The highest BCUT2D eigenvalue weighted by Crippen LogP contribution is 2.11. The molecular formula is C19H25N5O3. The molecule has 0 spiro atoms. The minimum Gasteiger partial charge on any atom is -0.462 e. The maximum absolute atomic E-state index is 12.1. The third kappa shape index (κ3) is 6.73. The molecule has 3 N–H and O–H groups in total. The number of nitrogens with zero attached hydrogens (tertiary/aromatic N) is 2. The summed E-state index contributed by atoms with van der Waals surface area (Å²) in [5.74, 6) is -0.801. The fraction of sp³-hybridized carbons (Fsp3) is 0.421. The molecule has 0 aromatic heterocycles. The van der Waals surface area contributed by atoms with Crippen molar-refractivity contribution in [2.24, 2.45) is 0 Å². The maximum atomic E-state index is 12.1. The molecule has 1 heterocycles. The van der Waals surface area contributed by atoms with E-state index in [0.717, 1.165) is 32.7 Å². The average molecular weight is 371 g/mol. The summed E-state index contributed by atoms with van der Waals surface area (Å²) >= 11 is 0. The molecule has 144 valence electrons. The average Bonchev–Trinajstić information content (AvgIpc) is 2.70. The minimum atomic E-state index is -0.414. The number of anilines is 1. The molecule has 27 heavy (non-hydrogen) atoms. The van der Waals surface area contributed by atoms with Crippen molar-refractivity contribution in [1.82, 2.24) is 15.5 Å². The number of esters is 1. The largest absolute Gasteiger partial charge is 0.462 e. The van der Waals surface area contributed by atoms with Gasteiger partial charge < -0.3 is 20.7 Å². The van der Waals surface area contributed by atoms with Crippen LogP contribution in [-0.2, 0) is 9.53 Å². The second-order valence-corrected chi connectivity index (χ2v) is 5.96. The summed E-state index contributed by atoms with van der Waals surface area (Å²) < 4.78 is 4.92. The Bertz CT molecular complexity index is 703. The van der Waals surface area contributed by atoms with Gasteiger partial charge in [-0.15, -0.1) is 0 Å². The quantitative estimate of drug-likeness (QED) is 0.351. The van der Waals surface area contributed by atoms with Gasteiger partial charge in [-0.2, -0.15) is 5.26 Å². The van der Waals surface area contributed by atoms with Crippen LogP contribution in [0.25, 0.3) is 0 Å². The number of hydrogen-bond acceptors (Lipinski definition) is 7. The van der Waals surface area contributed by atoms with Gasteiger partial charge in [0.25, 0.3) is 5.91 Å². The first-order valence-electron chi connectivity index (χ1n) is 8.99. The molecule has 0 saturated carbocycles. The summed E-state index contributed by atoms with van der Waals surface area (Å²) in [6, 6.07) is 8.49. The summed E-state index contributed by atoms with van der Waals surface area (Å²) in [6.07, 6.45) is 1.36. The highest BCUT2D eigenvalue weighted by Gasteiger charge is 2.12. The Morgan fingerprint density at radius 3 is 2.63 bits per heavy atom. The molecular weight excluding hydrogens is 346 g/mol.